The molecular formula is C22H20ClNO4. The Morgan fingerprint density at radius 2 is 1.89 bits per heavy atom. The normalized spacial score (nSPS) is 14.6. The van der Waals surface area contributed by atoms with Crippen LogP contribution in [0.5, 0.6) is 0 Å². The highest BCUT2D eigenvalue weighted by Gasteiger charge is 2.29. The van der Waals surface area contributed by atoms with Gasteiger partial charge in [-0.15, -0.1) is 0 Å². The van der Waals surface area contributed by atoms with E-state index in [1.807, 2.05) is 24.3 Å². The number of furan rings is 1. The lowest BCUT2D eigenvalue weighted by molar-refractivity contribution is -0.140. The van der Waals surface area contributed by atoms with Crippen LogP contribution in [0.1, 0.15) is 34.2 Å². The number of hydrogen-bond donors (Lipinski definition) is 0. The number of esters is 1. The number of carbonyl (C=O) groups excluding carboxylic acids is 2. The Balaban J connectivity index is 1.49. The zero-order chi connectivity index (χ0) is 19.8. The van der Waals surface area contributed by atoms with Gasteiger partial charge in [0.25, 0.3) is 5.91 Å². The fourth-order valence-electron chi connectivity index (χ4n) is 3.61. The maximum absolute atomic E-state index is 12.8. The highest BCUT2D eigenvalue weighted by Crippen LogP contribution is 2.31. The Bertz CT molecular complexity index is 1070. The lowest BCUT2D eigenvalue weighted by Crippen LogP contribution is -2.42. The van der Waals surface area contributed by atoms with Gasteiger partial charge in [0.05, 0.1) is 5.02 Å². The molecule has 2 aromatic carbocycles. The number of carbonyl (C=O) groups is 2. The number of aryl methyl sites for hydroxylation is 1. The minimum atomic E-state index is -0.902. The predicted octanol–water partition coefficient (Wildman–Crippen LogP) is 4.52. The summed E-state index contributed by atoms with van der Waals surface area (Å²) in [7, 11) is 0. The number of halogens is 1. The summed E-state index contributed by atoms with van der Waals surface area (Å²) in [6.45, 7) is 4.49. The Hall–Kier alpha value is -2.79. The van der Waals surface area contributed by atoms with E-state index >= 15 is 0 Å². The van der Waals surface area contributed by atoms with E-state index in [1.54, 1.807) is 30.9 Å². The number of hydrogen-bond acceptors (Lipinski definition) is 4. The maximum Gasteiger partial charge on any atom is 0.375 e. The molecule has 6 heteroatoms. The average molecular weight is 398 g/mol. The number of benzene rings is 2. The third kappa shape index (κ3) is 3.27. The standard InChI is InChI=1S/C22H20ClNO4/c1-13-17-8-5-9-18(23)20(17)28-19(13)22(26)27-14(2)21(25)24-11-10-15-6-3-4-7-16(15)12-24/h3-9,14H,10-12H2,1-2H3. The van der Waals surface area contributed by atoms with E-state index in [1.165, 1.54) is 5.56 Å². The molecule has 3 aromatic rings. The molecule has 0 spiro atoms. The predicted molar refractivity (Wildman–Crippen MR) is 106 cm³/mol. The summed E-state index contributed by atoms with van der Waals surface area (Å²) in [5, 5.41) is 1.18. The topological polar surface area (TPSA) is 59.8 Å². The summed E-state index contributed by atoms with van der Waals surface area (Å²) >= 11 is 6.14. The van der Waals surface area contributed by atoms with Gasteiger partial charge in [-0.1, -0.05) is 48.0 Å². The molecule has 5 nitrogen and oxygen atoms in total. The van der Waals surface area contributed by atoms with Gasteiger partial charge in [-0.05, 0) is 37.5 Å². The van der Waals surface area contributed by atoms with Crippen molar-refractivity contribution in [3.63, 3.8) is 0 Å². The molecule has 0 saturated carbocycles. The van der Waals surface area contributed by atoms with Crippen LogP contribution in [0.3, 0.4) is 0 Å². The van der Waals surface area contributed by atoms with Crippen LogP contribution in [0.15, 0.2) is 46.9 Å². The molecule has 28 heavy (non-hydrogen) atoms. The van der Waals surface area contributed by atoms with Gasteiger partial charge in [0, 0.05) is 24.0 Å². The molecule has 4 rings (SSSR count). The first kappa shape index (κ1) is 18.6. The van der Waals surface area contributed by atoms with Gasteiger partial charge < -0.3 is 14.1 Å². The van der Waals surface area contributed by atoms with Crippen LogP contribution >= 0.6 is 11.6 Å². The average Bonchev–Trinajstić information content (AvgIpc) is 3.05. The summed E-state index contributed by atoms with van der Waals surface area (Å²) < 4.78 is 11.1. The first-order valence-corrected chi connectivity index (χ1v) is 9.57. The molecule has 144 valence electrons. The molecule has 1 aromatic heterocycles. The molecule has 0 aliphatic carbocycles. The van der Waals surface area contributed by atoms with E-state index in [4.69, 9.17) is 20.8 Å². The molecule has 0 fully saturated rings. The molecule has 1 unspecified atom stereocenters. The minimum Gasteiger partial charge on any atom is -0.447 e. The first-order valence-electron chi connectivity index (χ1n) is 9.20. The van der Waals surface area contributed by atoms with Crippen LogP contribution in [-0.4, -0.2) is 29.4 Å². The third-order valence-corrected chi connectivity index (χ3v) is 5.47. The van der Waals surface area contributed by atoms with E-state index in [2.05, 4.69) is 6.07 Å². The molecule has 0 bridgehead atoms. The second kappa shape index (κ2) is 7.32. The van der Waals surface area contributed by atoms with Gasteiger partial charge in [-0.3, -0.25) is 4.79 Å². The Morgan fingerprint density at radius 1 is 1.14 bits per heavy atom. The summed E-state index contributed by atoms with van der Waals surface area (Å²) in [6, 6.07) is 13.4. The highest BCUT2D eigenvalue weighted by molar-refractivity contribution is 6.35. The summed E-state index contributed by atoms with van der Waals surface area (Å²) in [5.74, 6) is -0.801. The van der Waals surface area contributed by atoms with Crippen LogP contribution in [-0.2, 0) is 22.5 Å². The first-order chi connectivity index (χ1) is 13.5. The van der Waals surface area contributed by atoms with Crippen LogP contribution in [0, 0.1) is 6.92 Å². The molecular weight excluding hydrogens is 378 g/mol. The Labute approximate surface area is 167 Å². The van der Waals surface area contributed by atoms with Crippen molar-refractivity contribution in [2.75, 3.05) is 6.54 Å². The van der Waals surface area contributed by atoms with E-state index in [-0.39, 0.29) is 11.7 Å². The SMILES string of the molecule is Cc1c(C(=O)OC(C)C(=O)N2CCc3ccccc3C2)oc2c(Cl)cccc12. The van der Waals surface area contributed by atoms with Crippen molar-refractivity contribution in [2.24, 2.45) is 0 Å². The maximum atomic E-state index is 12.8. The van der Waals surface area contributed by atoms with Crippen molar-refractivity contribution >= 4 is 34.4 Å². The lowest BCUT2D eigenvalue weighted by atomic mass is 9.99. The molecule has 1 atom stereocenters. The molecule has 0 saturated heterocycles. The molecule has 2 heterocycles. The molecule has 1 aliphatic rings. The summed E-state index contributed by atoms with van der Waals surface area (Å²) in [4.78, 5) is 27.1. The molecule has 0 N–H and O–H groups in total. The van der Waals surface area contributed by atoms with Crippen molar-refractivity contribution in [3.05, 3.63) is 69.9 Å². The van der Waals surface area contributed by atoms with Crippen molar-refractivity contribution < 1.29 is 18.7 Å². The Kier molecular flexibility index (Phi) is 4.85. The van der Waals surface area contributed by atoms with Crippen LogP contribution in [0.25, 0.3) is 11.0 Å². The van der Waals surface area contributed by atoms with Crippen LogP contribution < -0.4 is 0 Å². The van der Waals surface area contributed by atoms with Crippen LogP contribution in [0.2, 0.25) is 5.02 Å². The van der Waals surface area contributed by atoms with Crippen molar-refractivity contribution in [1.29, 1.82) is 0 Å². The van der Waals surface area contributed by atoms with Gasteiger partial charge in [0.15, 0.2) is 11.7 Å². The zero-order valence-corrected chi connectivity index (χ0v) is 16.5. The number of fused-ring (bicyclic) bond motifs is 2. The smallest absolute Gasteiger partial charge is 0.375 e. The van der Waals surface area contributed by atoms with Crippen LogP contribution in [0.4, 0.5) is 0 Å². The second-order valence-corrected chi connectivity index (χ2v) is 7.41. The van der Waals surface area contributed by atoms with Gasteiger partial charge >= 0.3 is 5.97 Å². The number of rotatable bonds is 3. The fraction of sp³-hybridized carbons (Fsp3) is 0.273. The Morgan fingerprint density at radius 3 is 2.64 bits per heavy atom. The molecule has 0 radical (unpaired) electrons. The molecule has 1 amide bonds. The molecule has 1 aliphatic heterocycles. The number of ether oxygens (including phenoxy) is 1. The largest absolute Gasteiger partial charge is 0.447 e. The quantitative estimate of drug-likeness (QED) is 0.609. The minimum absolute atomic E-state index is 0.0757. The zero-order valence-electron chi connectivity index (χ0n) is 15.7. The fourth-order valence-corrected chi connectivity index (χ4v) is 3.82. The van der Waals surface area contributed by atoms with E-state index < -0.39 is 12.1 Å². The van der Waals surface area contributed by atoms with Gasteiger partial charge in [-0.2, -0.15) is 0 Å². The summed E-state index contributed by atoms with van der Waals surface area (Å²) in [6.07, 6.45) is -0.107. The lowest BCUT2D eigenvalue weighted by Gasteiger charge is -2.30. The second-order valence-electron chi connectivity index (χ2n) is 7.00. The van der Waals surface area contributed by atoms with Crippen molar-refractivity contribution in [2.45, 2.75) is 32.9 Å². The van der Waals surface area contributed by atoms with E-state index in [9.17, 15) is 9.59 Å². The number of para-hydroxylation sites is 1. The number of amides is 1. The summed E-state index contributed by atoms with van der Waals surface area (Å²) in [5.41, 5.74) is 3.48. The number of nitrogens with zero attached hydrogens (tertiary/aromatic N) is 1. The van der Waals surface area contributed by atoms with Gasteiger partial charge in [0.1, 0.15) is 0 Å². The monoisotopic (exact) mass is 397 g/mol. The van der Waals surface area contributed by atoms with Gasteiger partial charge in [0.2, 0.25) is 5.76 Å². The third-order valence-electron chi connectivity index (χ3n) is 5.18. The van der Waals surface area contributed by atoms with Gasteiger partial charge in [-0.25, -0.2) is 4.79 Å². The van der Waals surface area contributed by atoms with Crippen molar-refractivity contribution in [3.8, 4) is 0 Å². The van der Waals surface area contributed by atoms with Crippen molar-refractivity contribution in [1.82, 2.24) is 4.90 Å². The highest BCUT2D eigenvalue weighted by atomic mass is 35.5. The van der Waals surface area contributed by atoms with E-state index in [0.29, 0.717) is 29.3 Å². The van der Waals surface area contributed by atoms with E-state index in [0.717, 1.165) is 17.4 Å².